The monoisotopic (exact) mass is 236 g/mol. The van der Waals surface area contributed by atoms with Gasteiger partial charge in [-0.25, -0.2) is 20.1 Å². The first-order valence-corrected chi connectivity index (χ1v) is 5.40. The van der Waals surface area contributed by atoms with Gasteiger partial charge in [-0.3, -0.25) is 0 Å². The van der Waals surface area contributed by atoms with E-state index in [0.717, 1.165) is 0 Å². The topological polar surface area (TPSA) is 110 Å². The number of aliphatic hydroxyl groups excluding tert-OH is 1. The first kappa shape index (κ1) is 11.7. The lowest BCUT2D eigenvalue weighted by molar-refractivity contribution is 0.161. The van der Waals surface area contributed by atoms with Gasteiger partial charge >= 0.3 is 0 Å². The molecule has 1 unspecified atom stereocenters. The van der Waals surface area contributed by atoms with Gasteiger partial charge in [0.05, 0.1) is 12.9 Å². The van der Waals surface area contributed by atoms with Crippen LogP contribution >= 0.6 is 0 Å². The first-order chi connectivity index (χ1) is 8.27. The van der Waals surface area contributed by atoms with Gasteiger partial charge in [0.1, 0.15) is 11.8 Å². The largest absolute Gasteiger partial charge is 0.396 e. The van der Waals surface area contributed by atoms with Crippen molar-refractivity contribution >= 4 is 17.0 Å². The first-order valence-electron chi connectivity index (χ1n) is 5.40. The number of anilines is 1. The Kier molecular flexibility index (Phi) is 3.50. The minimum absolute atomic E-state index is 0.0188. The van der Waals surface area contributed by atoms with E-state index >= 15 is 0 Å². The van der Waals surface area contributed by atoms with Gasteiger partial charge in [-0.15, -0.1) is 0 Å². The average Bonchev–Trinajstić information content (AvgIpc) is 2.74. The standard InChI is InChI=1S/C10H14N5O2/c11-9-8-10(13-5-12-9)15(6-14-8)7(1-3-16)2-4-17/h5-7,16H,1-4H2,(H2,11,12,13). The number of hydrogen-bond acceptors (Lipinski definition) is 5. The minimum atomic E-state index is -0.203. The van der Waals surface area contributed by atoms with Crippen LogP contribution in [0.3, 0.4) is 0 Å². The lowest BCUT2D eigenvalue weighted by atomic mass is 10.1. The van der Waals surface area contributed by atoms with Crippen molar-refractivity contribution in [2.75, 3.05) is 18.9 Å². The highest BCUT2D eigenvalue weighted by Crippen LogP contribution is 2.22. The van der Waals surface area contributed by atoms with Crippen LogP contribution in [-0.4, -0.2) is 37.8 Å². The summed E-state index contributed by atoms with van der Waals surface area (Å²) in [5, 5.41) is 19.7. The highest BCUT2D eigenvalue weighted by Gasteiger charge is 2.15. The fourth-order valence-corrected chi connectivity index (χ4v) is 1.84. The van der Waals surface area contributed by atoms with E-state index in [9.17, 15) is 5.11 Å². The molecule has 0 aromatic carbocycles. The Labute approximate surface area is 97.9 Å². The molecule has 1 atom stereocenters. The lowest BCUT2D eigenvalue weighted by Crippen LogP contribution is -2.12. The fourth-order valence-electron chi connectivity index (χ4n) is 1.84. The second kappa shape index (κ2) is 5.07. The SMILES string of the molecule is Nc1ncnc2c1ncn2C(CC[O])CCO. The molecule has 7 heteroatoms. The Morgan fingerprint density at radius 3 is 2.88 bits per heavy atom. The molecular formula is C10H14N5O2. The van der Waals surface area contributed by atoms with E-state index in [1.54, 1.807) is 10.9 Å². The van der Waals surface area contributed by atoms with Crippen molar-refractivity contribution in [3.63, 3.8) is 0 Å². The fraction of sp³-hybridized carbons (Fsp3) is 0.500. The molecule has 0 saturated carbocycles. The zero-order chi connectivity index (χ0) is 12.3. The molecule has 3 N–H and O–H groups in total. The van der Waals surface area contributed by atoms with Crippen molar-refractivity contribution < 1.29 is 10.2 Å². The molecule has 2 rings (SSSR count). The number of nitrogens with zero attached hydrogens (tertiary/aromatic N) is 4. The third-order valence-corrected chi connectivity index (χ3v) is 2.69. The van der Waals surface area contributed by atoms with Gasteiger partial charge in [-0.05, 0) is 12.8 Å². The normalized spacial score (nSPS) is 11.5. The molecule has 2 aromatic rings. The zero-order valence-corrected chi connectivity index (χ0v) is 9.28. The van der Waals surface area contributed by atoms with Crippen LogP contribution in [0.15, 0.2) is 12.7 Å². The Morgan fingerprint density at radius 1 is 1.35 bits per heavy atom. The van der Waals surface area contributed by atoms with Crippen molar-refractivity contribution in [1.29, 1.82) is 0 Å². The molecular weight excluding hydrogens is 222 g/mol. The predicted octanol–water partition coefficient (Wildman–Crippen LogP) is 0.153. The number of aromatic nitrogens is 4. The number of nitrogen functional groups attached to an aromatic ring is 1. The average molecular weight is 236 g/mol. The summed E-state index contributed by atoms with van der Waals surface area (Å²) in [6.45, 7) is -0.185. The quantitative estimate of drug-likeness (QED) is 0.768. The second-order valence-electron chi connectivity index (χ2n) is 3.74. The van der Waals surface area contributed by atoms with Gasteiger partial charge in [0.15, 0.2) is 11.5 Å². The summed E-state index contributed by atoms with van der Waals surface area (Å²) in [7, 11) is 0. The molecule has 91 valence electrons. The summed E-state index contributed by atoms with van der Waals surface area (Å²) in [6.07, 6.45) is 3.88. The van der Waals surface area contributed by atoms with E-state index in [1.165, 1.54) is 6.33 Å². The second-order valence-corrected chi connectivity index (χ2v) is 3.74. The molecule has 0 aliphatic heterocycles. The van der Waals surface area contributed by atoms with Crippen LogP contribution in [0, 0.1) is 0 Å². The van der Waals surface area contributed by atoms with Crippen LogP contribution in [0.25, 0.3) is 11.2 Å². The molecule has 0 aliphatic carbocycles. The highest BCUT2D eigenvalue weighted by atomic mass is 16.3. The van der Waals surface area contributed by atoms with Crippen LogP contribution in [0.2, 0.25) is 0 Å². The van der Waals surface area contributed by atoms with Crippen LogP contribution < -0.4 is 5.73 Å². The summed E-state index contributed by atoms with van der Waals surface area (Å²) in [4.78, 5) is 12.1. The molecule has 0 bridgehead atoms. The van der Waals surface area contributed by atoms with E-state index in [4.69, 9.17) is 10.8 Å². The number of fused-ring (bicyclic) bond motifs is 1. The Morgan fingerprint density at radius 2 is 2.18 bits per heavy atom. The van der Waals surface area contributed by atoms with Crippen molar-refractivity contribution in [2.45, 2.75) is 18.9 Å². The Hall–Kier alpha value is -1.73. The highest BCUT2D eigenvalue weighted by molar-refractivity contribution is 5.81. The molecule has 0 amide bonds. The van der Waals surface area contributed by atoms with Crippen molar-refractivity contribution in [3.8, 4) is 0 Å². The van der Waals surface area contributed by atoms with E-state index in [0.29, 0.717) is 29.8 Å². The van der Waals surface area contributed by atoms with Crippen molar-refractivity contribution in [3.05, 3.63) is 12.7 Å². The summed E-state index contributed by atoms with van der Waals surface area (Å²) in [6, 6.07) is -0.100. The smallest absolute Gasteiger partial charge is 0.165 e. The molecule has 7 nitrogen and oxygen atoms in total. The van der Waals surface area contributed by atoms with E-state index in [2.05, 4.69) is 15.0 Å². The third kappa shape index (κ3) is 2.20. The van der Waals surface area contributed by atoms with E-state index < -0.39 is 0 Å². The minimum Gasteiger partial charge on any atom is -0.396 e. The maximum atomic E-state index is 10.7. The predicted molar refractivity (Wildman–Crippen MR) is 60.6 cm³/mol. The maximum absolute atomic E-state index is 10.7. The summed E-state index contributed by atoms with van der Waals surface area (Å²) in [5.74, 6) is 0.318. The number of aliphatic hydroxyl groups is 1. The van der Waals surface area contributed by atoms with Gasteiger partial charge in [0, 0.05) is 12.6 Å². The van der Waals surface area contributed by atoms with Crippen molar-refractivity contribution in [1.82, 2.24) is 19.5 Å². The van der Waals surface area contributed by atoms with Crippen LogP contribution in [-0.2, 0) is 5.11 Å². The van der Waals surface area contributed by atoms with Crippen LogP contribution in [0.1, 0.15) is 18.9 Å². The molecule has 0 aliphatic rings. The molecule has 17 heavy (non-hydrogen) atoms. The number of hydrogen-bond donors (Lipinski definition) is 2. The maximum Gasteiger partial charge on any atom is 0.165 e. The van der Waals surface area contributed by atoms with Gasteiger partial charge in [0.25, 0.3) is 0 Å². The Bertz CT molecular complexity index is 492. The lowest BCUT2D eigenvalue weighted by Gasteiger charge is -2.16. The van der Waals surface area contributed by atoms with Crippen LogP contribution in [0.5, 0.6) is 0 Å². The van der Waals surface area contributed by atoms with Gasteiger partial charge in [-0.1, -0.05) is 0 Å². The van der Waals surface area contributed by atoms with E-state index in [1.807, 2.05) is 0 Å². The van der Waals surface area contributed by atoms with Crippen molar-refractivity contribution in [2.24, 2.45) is 0 Å². The molecule has 0 fully saturated rings. The van der Waals surface area contributed by atoms with E-state index in [-0.39, 0.29) is 19.3 Å². The Balaban J connectivity index is 2.42. The van der Waals surface area contributed by atoms with Gasteiger partial charge in [0.2, 0.25) is 0 Å². The molecule has 2 heterocycles. The molecule has 0 saturated heterocycles. The van der Waals surface area contributed by atoms with Gasteiger partial charge in [-0.2, -0.15) is 0 Å². The number of imidazole rings is 1. The number of rotatable bonds is 5. The molecule has 1 radical (unpaired) electrons. The third-order valence-electron chi connectivity index (χ3n) is 2.69. The zero-order valence-electron chi connectivity index (χ0n) is 9.28. The van der Waals surface area contributed by atoms with Gasteiger partial charge < -0.3 is 15.4 Å². The summed E-state index contributed by atoms with van der Waals surface area (Å²) >= 11 is 0. The summed E-state index contributed by atoms with van der Waals surface area (Å²) in [5.41, 5.74) is 6.81. The number of nitrogens with two attached hydrogens (primary N) is 1. The summed E-state index contributed by atoms with van der Waals surface area (Å²) < 4.78 is 1.78. The van der Waals surface area contributed by atoms with Crippen LogP contribution in [0.4, 0.5) is 5.82 Å². The molecule has 0 spiro atoms. The molecule has 2 aromatic heterocycles.